The summed E-state index contributed by atoms with van der Waals surface area (Å²) >= 11 is 6.88. The van der Waals surface area contributed by atoms with Crippen molar-refractivity contribution in [3.05, 3.63) is 27.1 Å². The summed E-state index contributed by atoms with van der Waals surface area (Å²) in [6.07, 6.45) is 2.29. The zero-order valence-electron chi connectivity index (χ0n) is 8.50. The predicted octanol–water partition coefficient (Wildman–Crippen LogP) is 2.61. The van der Waals surface area contributed by atoms with Crippen LogP contribution in [0.25, 0.3) is 0 Å². The van der Waals surface area contributed by atoms with Gasteiger partial charge in [-0.05, 0) is 47.0 Å². The monoisotopic (exact) mass is 346 g/mol. The smallest absolute Gasteiger partial charge is 0.210 e. The molecule has 0 amide bonds. The van der Waals surface area contributed by atoms with Crippen molar-refractivity contribution in [2.24, 2.45) is 10.8 Å². The maximum atomic E-state index is 5.41. The van der Waals surface area contributed by atoms with Crippen LogP contribution < -0.4 is 16.6 Å². The maximum Gasteiger partial charge on any atom is 0.210 e. The van der Waals surface area contributed by atoms with E-state index >= 15 is 0 Å². The average molecular weight is 348 g/mol. The molecular formula is C10H12Br2N4. The van der Waals surface area contributed by atoms with E-state index in [0.29, 0.717) is 12.0 Å². The molecule has 0 aromatic heterocycles. The highest BCUT2D eigenvalue weighted by molar-refractivity contribution is 9.11. The van der Waals surface area contributed by atoms with Gasteiger partial charge in [-0.25, -0.2) is 10.8 Å². The lowest BCUT2D eigenvalue weighted by Crippen LogP contribution is -2.36. The zero-order valence-corrected chi connectivity index (χ0v) is 11.7. The highest BCUT2D eigenvalue weighted by atomic mass is 79.9. The summed E-state index contributed by atoms with van der Waals surface area (Å²) in [5.41, 5.74) is 3.49. The Morgan fingerprint density at radius 3 is 2.75 bits per heavy atom. The molecule has 0 radical (unpaired) electrons. The number of hydrazine groups is 1. The van der Waals surface area contributed by atoms with Gasteiger partial charge >= 0.3 is 0 Å². The first-order valence-corrected chi connectivity index (χ1v) is 6.54. The number of benzene rings is 1. The fourth-order valence-electron chi connectivity index (χ4n) is 1.21. The second kappa shape index (κ2) is 5.16. The van der Waals surface area contributed by atoms with E-state index in [4.69, 9.17) is 5.84 Å². The number of nitrogens with zero attached hydrogens (tertiary/aromatic N) is 1. The highest BCUT2D eigenvalue weighted by Gasteiger charge is 2.21. The summed E-state index contributed by atoms with van der Waals surface area (Å²) in [5.74, 6) is 6.01. The summed E-state index contributed by atoms with van der Waals surface area (Å²) < 4.78 is 1.97. The second-order valence-electron chi connectivity index (χ2n) is 3.60. The van der Waals surface area contributed by atoms with Crippen molar-refractivity contribution in [3.8, 4) is 0 Å². The van der Waals surface area contributed by atoms with Gasteiger partial charge in [0.25, 0.3) is 0 Å². The molecule has 4 nitrogen and oxygen atoms in total. The Hall–Kier alpha value is -0.590. The number of rotatable bonds is 2. The molecule has 1 saturated carbocycles. The minimum absolute atomic E-state index is 0.421. The van der Waals surface area contributed by atoms with Crippen molar-refractivity contribution in [2.45, 2.75) is 18.9 Å². The van der Waals surface area contributed by atoms with Crippen LogP contribution in [-0.4, -0.2) is 12.0 Å². The summed E-state index contributed by atoms with van der Waals surface area (Å²) in [5, 5.41) is 3.15. The van der Waals surface area contributed by atoms with Crippen LogP contribution in [0.4, 0.5) is 5.69 Å². The molecule has 0 unspecified atom stereocenters. The fourth-order valence-corrected chi connectivity index (χ4v) is 1.92. The highest BCUT2D eigenvalue weighted by Crippen LogP contribution is 2.27. The van der Waals surface area contributed by atoms with Crippen LogP contribution in [0, 0.1) is 0 Å². The normalized spacial score (nSPS) is 16.1. The van der Waals surface area contributed by atoms with E-state index < -0.39 is 0 Å². The quantitative estimate of drug-likeness (QED) is 0.333. The van der Waals surface area contributed by atoms with E-state index in [1.54, 1.807) is 0 Å². The maximum absolute atomic E-state index is 5.41. The molecule has 0 bridgehead atoms. The molecule has 4 N–H and O–H groups in total. The number of nitrogens with one attached hydrogen (secondary N) is 2. The van der Waals surface area contributed by atoms with Gasteiger partial charge < -0.3 is 5.32 Å². The van der Waals surface area contributed by atoms with Crippen molar-refractivity contribution < 1.29 is 0 Å². The van der Waals surface area contributed by atoms with Gasteiger partial charge in [0.2, 0.25) is 5.96 Å². The molecule has 1 aromatic carbocycles. The van der Waals surface area contributed by atoms with Crippen molar-refractivity contribution in [2.75, 3.05) is 5.32 Å². The van der Waals surface area contributed by atoms with Crippen LogP contribution in [-0.2, 0) is 0 Å². The SMILES string of the molecule is NNC(=NC1CC1)Nc1cc(Br)ccc1Br. The summed E-state index contributed by atoms with van der Waals surface area (Å²) in [7, 11) is 0. The molecule has 0 atom stereocenters. The number of halogens is 2. The number of nitrogens with two attached hydrogens (primary N) is 1. The van der Waals surface area contributed by atoms with Gasteiger partial charge in [0, 0.05) is 8.95 Å². The first kappa shape index (κ1) is 11.9. The average Bonchev–Trinajstić information content (AvgIpc) is 3.06. The molecule has 2 rings (SSSR count). The molecule has 1 aliphatic carbocycles. The van der Waals surface area contributed by atoms with Crippen LogP contribution >= 0.6 is 31.9 Å². The van der Waals surface area contributed by atoms with E-state index in [9.17, 15) is 0 Å². The Kier molecular flexibility index (Phi) is 3.83. The Bertz CT molecular complexity index is 415. The van der Waals surface area contributed by atoms with E-state index in [0.717, 1.165) is 27.5 Å². The Morgan fingerprint density at radius 2 is 2.12 bits per heavy atom. The van der Waals surface area contributed by atoms with Crippen molar-refractivity contribution in [1.82, 2.24) is 5.43 Å². The van der Waals surface area contributed by atoms with Crippen LogP contribution in [0.1, 0.15) is 12.8 Å². The van der Waals surface area contributed by atoms with Crippen LogP contribution in [0.3, 0.4) is 0 Å². The van der Waals surface area contributed by atoms with E-state index in [1.807, 2.05) is 18.2 Å². The van der Waals surface area contributed by atoms with Gasteiger partial charge in [-0.1, -0.05) is 15.9 Å². The fraction of sp³-hybridized carbons (Fsp3) is 0.300. The van der Waals surface area contributed by atoms with Gasteiger partial charge in [0.15, 0.2) is 0 Å². The lowest BCUT2D eigenvalue weighted by Gasteiger charge is -2.11. The predicted molar refractivity (Wildman–Crippen MR) is 73.2 cm³/mol. The van der Waals surface area contributed by atoms with E-state index in [-0.39, 0.29) is 0 Å². The minimum atomic E-state index is 0.421. The standard InChI is InChI=1S/C10H12Br2N4/c11-6-1-4-8(12)9(5-6)15-10(16-13)14-7-2-3-7/h1,4-5,7H,2-3,13H2,(H2,14,15,16). The molecule has 0 saturated heterocycles. The van der Waals surface area contributed by atoms with Crippen molar-refractivity contribution in [3.63, 3.8) is 0 Å². The first-order valence-electron chi connectivity index (χ1n) is 4.95. The first-order chi connectivity index (χ1) is 7.69. The van der Waals surface area contributed by atoms with Gasteiger partial charge in [-0.15, -0.1) is 0 Å². The van der Waals surface area contributed by atoms with Gasteiger partial charge in [0.1, 0.15) is 0 Å². The molecule has 0 heterocycles. The molecule has 0 spiro atoms. The molecule has 0 aliphatic heterocycles. The summed E-state index contributed by atoms with van der Waals surface area (Å²) in [6, 6.07) is 6.30. The van der Waals surface area contributed by atoms with Gasteiger partial charge in [-0.2, -0.15) is 0 Å². The van der Waals surface area contributed by atoms with Crippen LogP contribution in [0.2, 0.25) is 0 Å². The van der Waals surface area contributed by atoms with Crippen LogP contribution in [0.5, 0.6) is 0 Å². The Balaban J connectivity index is 2.14. The third kappa shape index (κ3) is 3.20. The molecule has 86 valence electrons. The third-order valence-electron chi connectivity index (χ3n) is 2.18. The summed E-state index contributed by atoms with van der Waals surface area (Å²) in [4.78, 5) is 4.41. The molecule has 1 fully saturated rings. The molecule has 16 heavy (non-hydrogen) atoms. The zero-order chi connectivity index (χ0) is 11.5. The lowest BCUT2D eigenvalue weighted by atomic mass is 10.3. The number of aliphatic imine (C=N–C) groups is 1. The van der Waals surface area contributed by atoms with Gasteiger partial charge in [0.05, 0.1) is 11.7 Å². The molecule has 1 aliphatic rings. The second-order valence-corrected chi connectivity index (χ2v) is 5.37. The molecule has 6 heteroatoms. The summed E-state index contributed by atoms with van der Waals surface area (Å²) in [6.45, 7) is 0. The van der Waals surface area contributed by atoms with Crippen molar-refractivity contribution >= 4 is 43.5 Å². The molecule has 1 aromatic rings. The van der Waals surface area contributed by atoms with E-state index in [1.165, 1.54) is 0 Å². The Morgan fingerprint density at radius 1 is 1.38 bits per heavy atom. The number of hydrogen-bond donors (Lipinski definition) is 3. The van der Waals surface area contributed by atoms with Gasteiger partial charge in [-0.3, -0.25) is 5.43 Å². The minimum Gasteiger partial charge on any atom is -0.324 e. The number of hydrogen-bond acceptors (Lipinski definition) is 2. The largest absolute Gasteiger partial charge is 0.324 e. The van der Waals surface area contributed by atoms with Crippen LogP contribution in [0.15, 0.2) is 32.1 Å². The lowest BCUT2D eigenvalue weighted by molar-refractivity contribution is 0.966. The number of anilines is 1. The van der Waals surface area contributed by atoms with E-state index in [2.05, 4.69) is 47.6 Å². The molecular weight excluding hydrogens is 336 g/mol. The topological polar surface area (TPSA) is 62.4 Å². The third-order valence-corrected chi connectivity index (χ3v) is 3.36. The Labute approximate surface area is 111 Å². The van der Waals surface area contributed by atoms with Crippen molar-refractivity contribution in [1.29, 1.82) is 0 Å². The number of guanidine groups is 1.